The van der Waals surface area contributed by atoms with Crippen LogP contribution in [-0.2, 0) is 11.2 Å². The minimum absolute atomic E-state index is 0.0496. The topological polar surface area (TPSA) is 46.3 Å². The fourth-order valence-corrected chi connectivity index (χ4v) is 3.77. The van der Waals surface area contributed by atoms with E-state index in [1.165, 1.54) is 0 Å². The lowest BCUT2D eigenvalue weighted by Crippen LogP contribution is -2.38. The molecule has 0 spiro atoms. The number of hydrogen-bond acceptors (Lipinski definition) is 3. The van der Waals surface area contributed by atoms with Crippen molar-refractivity contribution in [2.45, 2.75) is 31.6 Å². The zero-order chi connectivity index (χ0) is 19.7. The van der Waals surface area contributed by atoms with Gasteiger partial charge in [0.05, 0.1) is 0 Å². The van der Waals surface area contributed by atoms with Crippen LogP contribution < -0.4 is 0 Å². The van der Waals surface area contributed by atoms with Gasteiger partial charge in [0.15, 0.2) is 11.5 Å². The van der Waals surface area contributed by atoms with Crippen LogP contribution in [0, 0.1) is 11.6 Å². The molecular weight excluding hydrogens is 386 g/mol. The third-order valence-corrected chi connectivity index (χ3v) is 5.41. The van der Waals surface area contributed by atoms with E-state index in [0.717, 1.165) is 36.6 Å². The number of hydrogen-bond donors (Lipinski definition) is 0. The van der Waals surface area contributed by atoms with Crippen LogP contribution in [0.4, 0.5) is 8.78 Å². The highest BCUT2D eigenvalue weighted by molar-refractivity contribution is 6.31. The van der Waals surface area contributed by atoms with Crippen molar-refractivity contribution >= 4 is 28.6 Å². The number of carbonyl (C=O) groups excluding carboxylic acids is 1. The molecule has 4 rings (SSSR count). The van der Waals surface area contributed by atoms with E-state index in [4.69, 9.17) is 16.0 Å². The molecule has 0 radical (unpaired) electrons. The minimum Gasteiger partial charge on any atom is -0.440 e. The number of aromatic nitrogens is 1. The summed E-state index contributed by atoms with van der Waals surface area (Å²) in [6.07, 6.45) is 1.85. The van der Waals surface area contributed by atoms with Crippen LogP contribution in [0.25, 0.3) is 11.1 Å². The van der Waals surface area contributed by atoms with Gasteiger partial charge in [-0.3, -0.25) is 4.79 Å². The van der Waals surface area contributed by atoms with Crippen LogP contribution in [0.2, 0.25) is 5.02 Å². The van der Waals surface area contributed by atoms with E-state index in [2.05, 4.69) is 4.98 Å². The lowest BCUT2D eigenvalue weighted by atomic mass is 9.96. The van der Waals surface area contributed by atoms with Gasteiger partial charge in [-0.15, -0.1) is 0 Å². The number of likely N-dealkylation sites (tertiary alicyclic amines) is 1. The van der Waals surface area contributed by atoms with Crippen LogP contribution in [0.3, 0.4) is 0 Å². The predicted octanol–water partition coefficient (Wildman–Crippen LogP) is 5.10. The third-order valence-electron chi connectivity index (χ3n) is 5.18. The molecule has 1 aliphatic rings. The number of nitrogens with zero attached hydrogens (tertiary/aromatic N) is 2. The molecule has 4 nitrogen and oxygen atoms in total. The molecular formula is C21H19ClF2N2O2. The first kappa shape index (κ1) is 18.9. The van der Waals surface area contributed by atoms with Crippen molar-refractivity contribution in [3.05, 3.63) is 64.5 Å². The van der Waals surface area contributed by atoms with Gasteiger partial charge in [0.2, 0.25) is 5.91 Å². The van der Waals surface area contributed by atoms with Gasteiger partial charge >= 0.3 is 0 Å². The number of amides is 1. The van der Waals surface area contributed by atoms with Crippen molar-refractivity contribution in [2.75, 3.05) is 13.1 Å². The Balaban J connectivity index is 1.34. The molecule has 1 fully saturated rings. The summed E-state index contributed by atoms with van der Waals surface area (Å²) in [6, 6.07) is 8.65. The molecule has 0 N–H and O–H groups in total. The summed E-state index contributed by atoms with van der Waals surface area (Å²) in [4.78, 5) is 18.7. The van der Waals surface area contributed by atoms with Gasteiger partial charge in [-0.05, 0) is 61.2 Å². The summed E-state index contributed by atoms with van der Waals surface area (Å²) >= 11 is 5.99. The Bertz CT molecular complexity index is 1010. The molecule has 1 amide bonds. The summed E-state index contributed by atoms with van der Waals surface area (Å²) in [7, 11) is 0. The second-order valence-corrected chi connectivity index (χ2v) is 7.49. The number of benzene rings is 2. The molecule has 1 aromatic heterocycles. The molecule has 0 bridgehead atoms. The van der Waals surface area contributed by atoms with E-state index in [0.29, 0.717) is 29.6 Å². The standard InChI is InChI=1S/C21H19ClF2N2O2/c22-15-2-5-19-18(12-15)25-21(28-19)13-7-9-26(10-8-13)20(27)6-1-14-11-16(23)3-4-17(14)24/h2-5,11-13H,1,6-10H2. The first-order valence-corrected chi connectivity index (χ1v) is 9.65. The normalized spacial score (nSPS) is 15.3. The van der Waals surface area contributed by atoms with Crippen LogP contribution in [0.1, 0.15) is 36.6 Å². The highest BCUT2D eigenvalue weighted by atomic mass is 35.5. The fraction of sp³-hybridized carbons (Fsp3) is 0.333. The SMILES string of the molecule is O=C(CCc1cc(F)ccc1F)N1CCC(c2nc3cc(Cl)ccc3o2)CC1. The van der Waals surface area contributed by atoms with Crippen LogP contribution in [0.5, 0.6) is 0 Å². The maximum Gasteiger partial charge on any atom is 0.222 e. The smallest absolute Gasteiger partial charge is 0.222 e. The van der Waals surface area contributed by atoms with E-state index >= 15 is 0 Å². The molecule has 0 unspecified atom stereocenters. The fourth-order valence-electron chi connectivity index (χ4n) is 3.60. The lowest BCUT2D eigenvalue weighted by molar-refractivity contribution is -0.132. The maximum absolute atomic E-state index is 13.7. The van der Waals surface area contributed by atoms with Crippen molar-refractivity contribution in [3.63, 3.8) is 0 Å². The second kappa shape index (κ2) is 7.87. The van der Waals surface area contributed by atoms with Crippen molar-refractivity contribution in [1.82, 2.24) is 9.88 Å². The van der Waals surface area contributed by atoms with E-state index in [1.54, 1.807) is 23.1 Å². The molecule has 0 atom stereocenters. The number of carbonyl (C=O) groups is 1. The summed E-state index contributed by atoms with van der Waals surface area (Å²) in [5.41, 5.74) is 1.67. The Hall–Kier alpha value is -2.47. The van der Waals surface area contributed by atoms with E-state index in [-0.39, 0.29) is 30.2 Å². The molecule has 2 heterocycles. The zero-order valence-electron chi connectivity index (χ0n) is 15.1. The number of halogens is 3. The molecule has 1 aliphatic heterocycles. The second-order valence-electron chi connectivity index (χ2n) is 7.05. The number of rotatable bonds is 4. The molecule has 2 aromatic carbocycles. The maximum atomic E-state index is 13.7. The average molecular weight is 405 g/mol. The first-order chi connectivity index (χ1) is 13.5. The Labute approximate surface area is 166 Å². The van der Waals surface area contributed by atoms with Gasteiger partial charge in [-0.2, -0.15) is 0 Å². The van der Waals surface area contributed by atoms with Crippen molar-refractivity contribution in [2.24, 2.45) is 0 Å². The Morgan fingerprint density at radius 2 is 1.96 bits per heavy atom. The van der Waals surface area contributed by atoms with Crippen LogP contribution in [0.15, 0.2) is 40.8 Å². The Morgan fingerprint density at radius 1 is 1.18 bits per heavy atom. The lowest BCUT2D eigenvalue weighted by Gasteiger charge is -2.30. The first-order valence-electron chi connectivity index (χ1n) is 9.27. The number of piperidine rings is 1. The summed E-state index contributed by atoms with van der Waals surface area (Å²) in [5.74, 6) is -0.207. The molecule has 3 aromatic rings. The van der Waals surface area contributed by atoms with Crippen molar-refractivity contribution in [3.8, 4) is 0 Å². The van der Waals surface area contributed by atoms with Crippen molar-refractivity contribution in [1.29, 1.82) is 0 Å². The number of oxazole rings is 1. The Morgan fingerprint density at radius 3 is 2.75 bits per heavy atom. The quantitative estimate of drug-likeness (QED) is 0.608. The van der Waals surface area contributed by atoms with Gasteiger partial charge in [-0.1, -0.05) is 11.6 Å². The molecule has 28 heavy (non-hydrogen) atoms. The van der Waals surface area contributed by atoms with Crippen LogP contribution >= 0.6 is 11.6 Å². The van der Waals surface area contributed by atoms with Crippen LogP contribution in [-0.4, -0.2) is 28.9 Å². The van der Waals surface area contributed by atoms with Gasteiger partial charge < -0.3 is 9.32 Å². The van der Waals surface area contributed by atoms with E-state index in [9.17, 15) is 13.6 Å². The minimum atomic E-state index is -0.496. The number of fused-ring (bicyclic) bond motifs is 1. The molecule has 7 heteroatoms. The van der Waals surface area contributed by atoms with Gasteiger partial charge in [0.25, 0.3) is 0 Å². The van der Waals surface area contributed by atoms with Gasteiger partial charge in [-0.25, -0.2) is 13.8 Å². The van der Waals surface area contributed by atoms with E-state index in [1.807, 2.05) is 0 Å². The van der Waals surface area contributed by atoms with Crippen molar-refractivity contribution < 1.29 is 18.0 Å². The highest BCUT2D eigenvalue weighted by Gasteiger charge is 2.27. The van der Waals surface area contributed by atoms with E-state index < -0.39 is 11.6 Å². The summed E-state index contributed by atoms with van der Waals surface area (Å²) in [6.45, 7) is 1.18. The molecule has 146 valence electrons. The summed E-state index contributed by atoms with van der Waals surface area (Å²) < 4.78 is 32.8. The monoisotopic (exact) mass is 404 g/mol. The highest BCUT2D eigenvalue weighted by Crippen LogP contribution is 2.31. The average Bonchev–Trinajstić information content (AvgIpc) is 3.11. The largest absolute Gasteiger partial charge is 0.440 e. The molecule has 1 saturated heterocycles. The zero-order valence-corrected chi connectivity index (χ0v) is 15.9. The molecule has 0 saturated carbocycles. The Kier molecular flexibility index (Phi) is 5.31. The molecule has 0 aliphatic carbocycles. The van der Waals surface area contributed by atoms with Gasteiger partial charge in [0.1, 0.15) is 17.2 Å². The summed E-state index contributed by atoms with van der Waals surface area (Å²) in [5, 5.41) is 0.613. The third kappa shape index (κ3) is 4.02. The predicted molar refractivity (Wildman–Crippen MR) is 102 cm³/mol. The number of aryl methyl sites for hydroxylation is 1. The van der Waals surface area contributed by atoms with Gasteiger partial charge in [0, 0.05) is 30.5 Å².